The molecule has 0 aliphatic heterocycles. The third kappa shape index (κ3) is 6.19. The van der Waals surface area contributed by atoms with Crippen molar-refractivity contribution in [3.8, 4) is 0 Å². The normalized spacial score (nSPS) is 10.7. The molecule has 0 bridgehead atoms. The maximum atomic E-state index is 12.6. The number of rotatable bonds is 8. The molecule has 0 radical (unpaired) electrons. The first kappa shape index (κ1) is 26.7. The molecular formula is C24H27ClN4O4S2. The highest BCUT2D eigenvalue weighted by molar-refractivity contribution is 7.80. The number of hydrogen-bond donors (Lipinski definition) is 2. The van der Waals surface area contributed by atoms with Gasteiger partial charge in [-0.2, -0.15) is 5.10 Å². The Labute approximate surface area is 218 Å². The Morgan fingerprint density at radius 2 is 1.69 bits per heavy atom. The number of esters is 2. The zero-order valence-electron chi connectivity index (χ0n) is 20.2. The molecule has 35 heavy (non-hydrogen) atoms. The minimum atomic E-state index is -0.537. The second kappa shape index (κ2) is 11.7. The maximum absolute atomic E-state index is 12.6. The number of aromatic nitrogens is 2. The molecule has 0 saturated carbocycles. The SMILES string of the molecule is CCOC(=O)c1sc(NC(=S)Nc2c(C)nn(Cc3ccc(Cl)cc3)c2C)c(C(=O)OCC)c1C. The molecule has 3 rings (SSSR count). The average Bonchev–Trinajstić information content (AvgIpc) is 3.26. The fourth-order valence-corrected chi connectivity index (χ4v) is 4.97. The highest BCUT2D eigenvalue weighted by Gasteiger charge is 2.27. The van der Waals surface area contributed by atoms with Crippen LogP contribution >= 0.6 is 35.2 Å². The first-order valence-corrected chi connectivity index (χ1v) is 12.6. The summed E-state index contributed by atoms with van der Waals surface area (Å²) in [7, 11) is 0. The van der Waals surface area contributed by atoms with E-state index >= 15 is 0 Å². The lowest BCUT2D eigenvalue weighted by Crippen LogP contribution is -2.21. The molecule has 3 aromatic rings. The van der Waals surface area contributed by atoms with Crippen LogP contribution in [0.3, 0.4) is 0 Å². The van der Waals surface area contributed by atoms with Gasteiger partial charge in [-0.3, -0.25) is 4.68 Å². The first-order chi connectivity index (χ1) is 16.7. The van der Waals surface area contributed by atoms with E-state index in [1.54, 1.807) is 20.8 Å². The topological polar surface area (TPSA) is 94.5 Å². The van der Waals surface area contributed by atoms with Gasteiger partial charge < -0.3 is 20.1 Å². The molecule has 2 heterocycles. The lowest BCUT2D eigenvalue weighted by atomic mass is 10.1. The Morgan fingerprint density at radius 3 is 2.31 bits per heavy atom. The second-order valence-corrected chi connectivity index (χ2v) is 9.48. The molecule has 186 valence electrons. The van der Waals surface area contributed by atoms with Gasteiger partial charge in [0.1, 0.15) is 9.88 Å². The van der Waals surface area contributed by atoms with Crippen molar-refractivity contribution in [3.63, 3.8) is 0 Å². The van der Waals surface area contributed by atoms with Gasteiger partial charge in [0.2, 0.25) is 0 Å². The van der Waals surface area contributed by atoms with Crippen molar-refractivity contribution in [2.75, 3.05) is 23.8 Å². The van der Waals surface area contributed by atoms with Crippen molar-refractivity contribution in [2.24, 2.45) is 0 Å². The molecule has 0 amide bonds. The quantitative estimate of drug-likeness (QED) is 0.279. The molecule has 0 saturated heterocycles. The molecule has 1 aromatic carbocycles. The lowest BCUT2D eigenvalue weighted by Gasteiger charge is -2.12. The van der Waals surface area contributed by atoms with Gasteiger partial charge in [0.05, 0.1) is 42.4 Å². The molecule has 2 aromatic heterocycles. The summed E-state index contributed by atoms with van der Waals surface area (Å²) in [4.78, 5) is 25.3. The van der Waals surface area contributed by atoms with Gasteiger partial charge >= 0.3 is 11.9 Å². The summed E-state index contributed by atoms with van der Waals surface area (Å²) in [6.07, 6.45) is 0. The number of nitrogens with one attached hydrogen (secondary N) is 2. The van der Waals surface area contributed by atoms with Crippen LogP contribution in [0.5, 0.6) is 0 Å². The van der Waals surface area contributed by atoms with Crippen LogP contribution in [0.1, 0.15) is 56.4 Å². The van der Waals surface area contributed by atoms with Crippen molar-refractivity contribution in [1.29, 1.82) is 0 Å². The molecule has 0 fully saturated rings. The third-order valence-electron chi connectivity index (χ3n) is 5.18. The second-order valence-electron chi connectivity index (χ2n) is 7.61. The zero-order valence-corrected chi connectivity index (χ0v) is 22.5. The monoisotopic (exact) mass is 534 g/mol. The number of nitrogens with zero attached hydrogens (tertiary/aromatic N) is 2. The van der Waals surface area contributed by atoms with Crippen molar-refractivity contribution < 1.29 is 19.1 Å². The molecule has 0 spiro atoms. The van der Waals surface area contributed by atoms with Crippen LogP contribution in [0.25, 0.3) is 0 Å². The fourth-order valence-electron chi connectivity index (χ4n) is 3.48. The molecule has 11 heteroatoms. The number of aryl methyl sites for hydroxylation is 1. The Balaban J connectivity index is 1.83. The van der Waals surface area contributed by atoms with E-state index in [1.165, 1.54) is 0 Å². The Kier molecular flexibility index (Phi) is 8.87. The molecule has 0 aliphatic rings. The Hall–Kier alpha value is -2.95. The standard InChI is InChI=1S/C24H27ClN4O4S2/c1-6-32-22(30)18-13(3)20(23(31)33-7-2)35-21(18)27-24(34)26-19-14(4)28-29(15(19)5)12-16-8-10-17(25)11-9-16/h8-11H,6-7,12H2,1-5H3,(H2,26,27,34). The third-order valence-corrected chi connectivity index (χ3v) is 6.82. The van der Waals surface area contributed by atoms with Crippen LogP contribution < -0.4 is 10.6 Å². The summed E-state index contributed by atoms with van der Waals surface area (Å²) in [5.41, 5.74) is 4.22. The molecule has 8 nitrogen and oxygen atoms in total. The van der Waals surface area contributed by atoms with Gasteiger partial charge in [-0.05, 0) is 70.1 Å². The maximum Gasteiger partial charge on any atom is 0.348 e. The van der Waals surface area contributed by atoms with Crippen LogP contribution in [0, 0.1) is 20.8 Å². The molecule has 2 N–H and O–H groups in total. The van der Waals surface area contributed by atoms with Crippen LogP contribution in [-0.2, 0) is 16.0 Å². The Bertz CT molecular complexity index is 1250. The van der Waals surface area contributed by atoms with Gasteiger partial charge in [0.25, 0.3) is 0 Å². The van der Waals surface area contributed by atoms with Gasteiger partial charge in [-0.15, -0.1) is 11.3 Å². The largest absolute Gasteiger partial charge is 0.462 e. The van der Waals surface area contributed by atoms with Crippen molar-refractivity contribution in [2.45, 2.75) is 41.2 Å². The number of benzene rings is 1. The van der Waals surface area contributed by atoms with Crippen LogP contribution in [0.15, 0.2) is 24.3 Å². The van der Waals surface area contributed by atoms with Gasteiger partial charge in [-0.1, -0.05) is 23.7 Å². The van der Waals surface area contributed by atoms with Gasteiger partial charge in [0.15, 0.2) is 5.11 Å². The predicted octanol–water partition coefficient (Wildman–Crippen LogP) is 5.73. The van der Waals surface area contributed by atoms with Crippen LogP contribution in [0.2, 0.25) is 5.02 Å². The van der Waals surface area contributed by atoms with E-state index in [4.69, 9.17) is 33.3 Å². The van der Waals surface area contributed by atoms with E-state index in [-0.39, 0.29) is 23.9 Å². The summed E-state index contributed by atoms with van der Waals surface area (Å²) in [6.45, 7) is 9.97. The smallest absolute Gasteiger partial charge is 0.348 e. The molecular weight excluding hydrogens is 508 g/mol. The number of thiophene rings is 1. The van der Waals surface area contributed by atoms with Gasteiger partial charge in [-0.25, -0.2) is 9.59 Å². The number of carbonyl (C=O) groups is 2. The highest BCUT2D eigenvalue weighted by Crippen LogP contribution is 2.34. The number of halogens is 1. The molecule has 0 atom stereocenters. The zero-order chi connectivity index (χ0) is 25.7. The minimum absolute atomic E-state index is 0.205. The minimum Gasteiger partial charge on any atom is -0.462 e. The molecule has 0 unspecified atom stereocenters. The number of thiocarbonyl (C=S) groups is 1. The number of carbonyl (C=O) groups excluding carboxylic acids is 2. The van der Waals surface area contributed by atoms with Crippen LogP contribution in [-0.4, -0.2) is 40.0 Å². The highest BCUT2D eigenvalue weighted by atomic mass is 35.5. The summed E-state index contributed by atoms with van der Waals surface area (Å²) >= 11 is 12.6. The van der Waals surface area contributed by atoms with E-state index in [1.807, 2.05) is 42.8 Å². The van der Waals surface area contributed by atoms with Crippen molar-refractivity contribution in [3.05, 3.63) is 62.2 Å². The average molecular weight is 535 g/mol. The number of ether oxygens (including phenoxy) is 2. The van der Waals surface area contributed by atoms with Crippen molar-refractivity contribution >= 4 is 62.9 Å². The summed E-state index contributed by atoms with van der Waals surface area (Å²) in [5.74, 6) is -1.03. The summed E-state index contributed by atoms with van der Waals surface area (Å²) < 4.78 is 12.2. The lowest BCUT2D eigenvalue weighted by molar-refractivity contribution is 0.0527. The van der Waals surface area contributed by atoms with E-state index in [0.29, 0.717) is 27.0 Å². The summed E-state index contributed by atoms with van der Waals surface area (Å²) in [5, 5.41) is 12.2. The Morgan fingerprint density at radius 1 is 1.06 bits per heavy atom. The predicted molar refractivity (Wildman–Crippen MR) is 143 cm³/mol. The summed E-state index contributed by atoms with van der Waals surface area (Å²) in [6, 6.07) is 7.59. The van der Waals surface area contributed by atoms with Crippen molar-refractivity contribution in [1.82, 2.24) is 9.78 Å². The fraction of sp³-hybridized carbons (Fsp3) is 0.333. The van der Waals surface area contributed by atoms with E-state index in [0.717, 1.165) is 34.0 Å². The molecule has 0 aliphatic carbocycles. The number of hydrogen-bond acceptors (Lipinski definition) is 7. The van der Waals surface area contributed by atoms with Crippen LogP contribution in [0.4, 0.5) is 10.7 Å². The van der Waals surface area contributed by atoms with E-state index in [2.05, 4.69) is 15.7 Å². The van der Waals surface area contributed by atoms with E-state index < -0.39 is 11.9 Å². The number of anilines is 2. The van der Waals surface area contributed by atoms with E-state index in [9.17, 15) is 9.59 Å². The first-order valence-electron chi connectivity index (χ1n) is 11.0. The van der Waals surface area contributed by atoms with Gasteiger partial charge in [0, 0.05) is 5.02 Å².